The summed E-state index contributed by atoms with van der Waals surface area (Å²) in [5.74, 6) is -1.03. The minimum absolute atomic E-state index is 0.0142. The van der Waals surface area contributed by atoms with Crippen LogP contribution in [0.3, 0.4) is 0 Å². The third-order valence-corrected chi connectivity index (χ3v) is 6.15. The SMILES string of the molecule is O=C(Cc1scc(-c2ccc3ccccc3c2)c1C(=O)O)c1cc2ccccc2o1. The number of rotatable bonds is 5. The van der Waals surface area contributed by atoms with E-state index < -0.39 is 5.97 Å². The Bertz CT molecular complexity index is 1390. The maximum absolute atomic E-state index is 12.8. The van der Waals surface area contributed by atoms with Crippen LogP contribution < -0.4 is 0 Å². The molecule has 5 aromatic rings. The lowest BCUT2D eigenvalue weighted by atomic mass is 9.98. The monoisotopic (exact) mass is 412 g/mol. The zero-order valence-electron chi connectivity index (χ0n) is 15.8. The molecular formula is C25H16O4S. The molecule has 0 amide bonds. The summed E-state index contributed by atoms with van der Waals surface area (Å²) < 4.78 is 5.65. The molecule has 5 heteroatoms. The van der Waals surface area contributed by atoms with Crippen LogP contribution in [0, 0.1) is 0 Å². The van der Waals surface area contributed by atoms with E-state index in [-0.39, 0.29) is 23.5 Å². The molecule has 0 aliphatic carbocycles. The van der Waals surface area contributed by atoms with Crippen molar-refractivity contribution in [1.29, 1.82) is 0 Å². The van der Waals surface area contributed by atoms with E-state index in [1.165, 1.54) is 11.3 Å². The number of furan rings is 1. The van der Waals surface area contributed by atoms with Crippen molar-refractivity contribution in [3.8, 4) is 11.1 Å². The largest absolute Gasteiger partial charge is 0.478 e. The number of hydrogen-bond acceptors (Lipinski definition) is 4. The quantitative estimate of drug-likeness (QED) is 0.337. The maximum atomic E-state index is 12.8. The van der Waals surface area contributed by atoms with Crippen molar-refractivity contribution in [2.75, 3.05) is 0 Å². The van der Waals surface area contributed by atoms with E-state index in [0.717, 1.165) is 21.7 Å². The molecule has 5 rings (SSSR count). The number of aromatic carboxylic acids is 1. The molecule has 0 saturated heterocycles. The second-order valence-electron chi connectivity index (χ2n) is 7.06. The average molecular weight is 412 g/mol. The maximum Gasteiger partial charge on any atom is 0.337 e. The number of carbonyl (C=O) groups excluding carboxylic acids is 1. The first-order chi connectivity index (χ1) is 14.6. The summed E-state index contributed by atoms with van der Waals surface area (Å²) in [6.45, 7) is 0. The van der Waals surface area contributed by atoms with Crippen LogP contribution in [0.25, 0.3) is 32.9 Å². The van der Waals surface area contributed by atoms with Crippen LogP contribution in [0.1, 0.15) is 25.8 Å². The predicted octanol–water partition coefficient (Wildman–Crippen LogP) is 6.44. The third-order valence-electron chi connectivity index (χ3n) is 5.16. The number of carboxylic acids is 1. The lowest BCUT2D eigenvalue weighted by Gasteiger charge is -2.05. The van der Waals surface area contributed by atoms with Gasteiger partial charge in [0.1, 0.15) is 5.58 Å². The highest BCUT2D eigenvalue weighted by molar-refractivity contribution is 7.11. The molecular weight excluding hydrogens is 396 g/mol. The van der Waals surface area contributed by atoms with Gasteiger partial charge in [-0.1, -0.05) is 54.6 Å². The van der Waals surface area contributed by atoms with Gasteiger partial charge in [0, 0.05) is 22.2 Å². The van der Waals surface area contributed by atoms with Crippen LogP contribution in [-0.4, -0.2) is 16.9 Å². The van der Waals surface area contributed by atoms with Crippen molar-refractivity contribution in [2.45, 2.75) is 6.42 Å². The minimum atomic E-state index is -1.04. The fourth-order valence-corrected chi connectivity index (χ4v) is 4.73. The summed E-state index contributed by atoms with van der Waals surface area (Å²) in [6, 6.07) is 22.9. The number of para-hydroxylation sites is 1. The fourth-order valence-electron chi connectivity index (χ4n) is 3.68. The molecule has 0 aliphatic heterocycles. The lowest BCUT2D eigenvalue weighted by Crippen LogP contribution is -2.06. The van der Waals surface area contributed by atoms with Gasteiger partial charge >= 0.3 is 5.97 Å². The molecule has 0 spiro atoms. The van der Waals surface area contributed by atoms with Gasteiger partial charge in [0.25, 0.3) is 0 Å². The zero-order chi connectivity index (χ0) is 20.7. The van der Waals surface area contributed by atoms with Gasteiger partial charge in [0.2, 0.25) is 5.78 Å². The molecule has 0 unspecified atom stereocenters. The molecule has 30 heavy (non-hydrogen) atoms. The molecule has 0 radical (unpaired) electrons. The van der Waals surface area contributed by atoms with Gasteiger partial charge in [-0.2, -0.15) is 0 Å². The summed E-state index contributed by atoms with van der Waals surface area (Å²) >= 11 is 1.29. The van der Waals surface area contributed by atoms with Crippen molar-refractivity contribution in [3.05, 3.63) is 94.4 Å². The van der Waals surface area contributed by atoms with Gasteiger partial charge in [0.05, 0.1) is 5.56 Å². The van der Waals surface area contributed by atoms with E-state index >= 15 is 0 Å². The second kappa shape index (κ2) is 7.28. The van der Waals surface area contributed by atoms with Crippen molar-refractivity contribution in [1.82, 2.24) is 0 Å². The van der Waals surface area contributed by atoms with E-state index in [1.54, 1.807) is 12.1 Å². The highest BCUT2D eigenvalue weighted by Gasteiger charge is 2.23. The molecule has 3 aromatic carbocycles. The number of carboxylic acid groups (broad SMARTS) is 1. The first kappa shape index (κ1) is 18.3. The van der Waals surface area contributed by atoms with Gasteiger partial charge in [-0.05, 0) is 39.9 Å². The van der Waals surface area contributed by atoms with Crippen molar-refractivity contribution in [3.63, 3.8) is 0 Å². The number of ketones is 1. The number of Topliss-reactive ketones (excluding diaryl/α,β-unsaturated/α-hetero) is 1. The van der Waals surface area contributed by atoms with Gasteiger partial charge < -0.3 is 9.52 Å². The van der Waals surface area contributed by atoms with E-state index in [9.17, 15) is 14.7 Å². The minimum Gasteiger partial charge on any atom is -0.478 e. The molecule has 0 atom stereocenters. The van der Waals surface area contributed by atoms with Crippen LogP contribution >= 0.6 is 11.3 Å². The Hall–Kier alpha value is -3.70. The molecule has 2 aromatic heterocycles. The van der Waals surface area contributed by atoms with Crippen LogP contribution in [-0.2, 0) is 6.42 Å². The Kier molecular flexibility index (Phi) is 4.45. The Labute approximate surface area is 176 Å². The molecule has 0 bridgehead atoms. The topological polar surface area (TPSA) is 67.5 Å². The average Bonchev–Trinajstić information content (AvgIpc) is 3.37. The molecule has 0 fully saturated rings. The van der Waals surface area contributed by atoms with Gasteiger partial charge in [0.15, 0.2) is 5.76 Å². The van der Waals surface area contributed by atoms with E-state index in [4.69, 9.17) is 4.42 Å². The Morgan fingerprint density at radius 1 is 0.867 bits per heavy atom. The molecule has 0 saturated carbocycles. The first-order valence-corrected chi connectivity index (χ1v) is 10.3. The summed E-state index contributed by atoms with van der Waals surface area (Å²) in [5, 5.41) is 14.7. The molecule has 146 valence electrons. The molecule has 4 nitrogen and oxygen atoms in total. The van der Waals surface area contributed by atoms with Crippen molar-refractivity contribution < 1.29 is 19.1 Å². The van der Waals surface area contributed by atoms with Gasteiger partial charge in [-0.25, -0.2) is 4.79 Å². The summed E-state index contributed by atoms with van der Waals surface area (Å²) in [5.41, 5.74) is 2.28. The predicted molar refractivity (Wildman–Crippen MR) is 118 cm³/mol. The van der Waals surface area contributed by atoms with Crippen LogP contribution in [0.5, 0.6) is 0 Å². The van der Waals surface area contributed by atoms with Gasteiger partial charge in [-0.15, -0.1) is 11.3 Å². The highest BCUT2D eigenvalue weighted by atomic mass is 32.1. The van der Waals surface area contributed by atoms with Crippen molar-refractivity contribution >= 4 is 44.8 Å². The van der Waals surface area contributed by atoms with E-state index in [2.05, 4.69) is 0 Å². The number of benzene rings is 3. The smallest absolute Gasteiger partial charge is 0.337 e. The molecule has 2 heterocycles. The van der Waals surface area contributed by atoms with E-state index in [1.807, 2.05) is 66.0 Å². The lowest BCUT2D eigenvalue weighted by molar-refractivity contribution is 0.0697. The summed E-state index contributed by atoms with van der Waals surface area (Å²) in [6.07, 6.45) is -0.0142. The summed E-state index contributed by atoms with van der Waals surface area (Å²) in [4.78, 5) is 25.4. The van der Waals surface area contributed by atoms with Crippen molar-refractivity contribution in [2.24, 2.45) is 0 Å². The summed E-state index contributed by atoms with van der Waals surface area (Å²) in [7, 11) is 0. The fraction of sp³-hybridized carbons (Fsp3) is 0.0400. The normalized spacial score (nSPS) is 11.2. The highest BCUT2D eigenvalue weighted by Crippen LogP contribution is 2.34. The number of fused-ring (bicyclic) bond motifs is 2. The first-order valence-electron chi connectivity index (χ1n) is 9.45. The molecule has 1 N–H and O–H groups in total. The second-order valence-corrected chi connectivity index (χ2v) is 8.03. The number of hydrogen-bond donors (Lipinski definition) is 1. The van der Waals surface area contributed by atoms with E-state index in [0.29, 0.717) is 16.0 Å². The van der Waals surface area contributed by atoms with Crippen LogP contribution in [0.15, 0.2) is 82.6 Å². The zero-order valence-corrected chi connectivity index (χ0v) is 16.6. The van der Waals surface area contributed by atoms with Gasteiger partial charge in [-0.3, -0.25) is 4.79 Å². The molecule has 0 aliphatic rings. The number of thiophene rings is 1. The Morgan fingerprint density at radius 2 is 1.60 bits per heavy atom. The standard InChI is InChI=1S/C25H16O4S/c26-20(22-12-18-7-3-4-8-21(18)29-22)13-23-24(25(27)28)19(14-30-23)17-10-9-15-5-1-2-6-16(15)11-17/h1-12,14H,13H2,(H,27,28). The Balaban J connectivity index is 1.52. The van der Waals surface area contributed by atoms with Crippen LogP contribution in [0.4, 0.5) is 0 Å². The number of carbonyl (C=O) groups is 2. The van der Waals surface area contributed by atoms with Crippen LogP contribution in [0.2, 0.25) is 0 Å². The third kappa shape index (κ3) is 3.19. The Morgan fingerprint density at radius 3 is 2.37 bits per heavy atom.